The first kappa shape index (κ1) is 10.7. The molecule has 2 nitrogen and oxygen atoms in total. The molecule has 3 unspecified atom stereocenters. The topological polar surface area (TPSA) is 26.3 Å². The number of esters is 1. The van der Waals surface area contributed by atoms with Crippen LogP contribution < -0.4 is 0 Å². The van der Waals surface area contributed by atoms with Crippen LogP contribution in [0.5, 0.6) is 0 Å². The second-order valence-electron chi connectivity index (χ2n) is 4.52. The summed E-state index contributed by atoms with van der Waals surface area (Å²) >= 11 is 2.44. The summed E-state index contributed by atoms with van der Waals surface area (Å²) in [6, 6.07) is 0. The highest BCUT2D eigenvalue weighted by molar-refractivity contribution is 14.1. The number of rotatable bonds is 1. The quantitative estimate of drug-likeness (QED) is 0.423. The first-order chi connectivity index (χ1) is 6.68. The van der Waals surface area contributed by atoms with Gasteiger partial charge in [0.05, 0.1) is 5.41 Å². The molecule has 2 aliphatic heterocycles. The SMILES string of the molecule is CCC12CCCC(I)C(CC1)OC2=O. The zero-order valence-corrected chi connectivity index (χ0v) is 10.7. The summed E-state index contributed by atoms with van der Waals surface area (Å²) in [6.45, 7) is 2.12. The lowest BCUT2D eigenvalue weighted by atomic mass is 9.72. The van der Waals surface area contributed by atoms with E-state index >= 15 is 0 Å². The van der Waals surface area contributed by atoms with Gasteiger partial charge in [-0.05, 0) is 32.1 Å². The van der Waals surface area contributed by atoms with Crippen molar-refractivity contribution < 1.29 is 9.53 Å². The van der Waals surface area contributed by atoms with Gasteiger partial charge in [0.2, 0.25) is 0 Å². The lowest BCUT2D eigenvalue weighted by Crippen LogP contribution is -2.45. The van der Waals surface area contributed by atoms with Gasteiger partial charge in [0.15, 0.2) is 0 Å². The van der Waals surface area contributed by atoms with Crippen LogP contribution in [0.1, 0.15) is 45.4 Å². The van der Waals surface area contributed by atoms with Crippen molar-refractivity contribution in [2.24, 2.45) is 5.41 Å². The van der Waals surface area contributed by atoms with Crippen LogP contribution >= 0.6 is 22.6 Å². The van der Waals surface area contributed by atoms with Crippen LogP contribution in [0.25, 0.3) is 0 Å². The number of hydrogen-bond donors (Lipinski definition) is 0. The molecule has 0 aromatic rings. The van der Waals surface area contributed by atoms with Gasteiger partial charge < -0.3 is 4.74 Å². The zero-order chi connectivity index (χ0) is 10.2. The van der Waals surface area contributed by atoms with E-state index < -0.39 is 0 Å². The van der Waals surface area contributed by atoms with Crippen LogP contribution in [-0.4, -0.2) is 16.0 Å². The van der Waals surface area contributed by atoms with Crippen molar-refractivity contribution in [1.29, 1.82) is 0 Å². The second-order valence-corrected chi connectivity index (χ2v) is 6.12. The van der Waals surface area contributed by atoms with Crippen molar-refractivity contribution >= 4 is 28.6 Å². The molecule has 3 rings (SSSR count). The summed E-state index contributed by atoms with van der Waals surface area (Å²) < 4.78 is 6.08. The molecule has 0 radical (unpaired) electrons. The van der Waals surface area contributed by atoms with Crippen LogP contribution in [-0.2, 0) is 9.53 Å². The highest BCUT2D eigenvalue weighted by Crippen LogP contribution is 2.44. The van der Waals surface area contributed by atoms with Crippen LogP contribution in [0.4, 0.5) is 0 Å². The van der Waals surface area contributed by atoms with E-state index in [1.165, 1.54) is 12.8 Å². The molecule has 2 heterocycles. The number of hydrogen-bond acceptors (Lipinski definition) is 2. The molecule has 0 spiro atoms. The van der Waals surface area contributed by atoms with Gasteiger partial charge >= 0.3 is 5.97 Å². The summed E-state index contributed by atoms with van der Waals surface area (Å²) in [7, 11) is 0. The largest absolute Gasteiger partial charge is 0.461 e. The molecule has 0 N–H and O–H groups in total. The fourth-order valence-corrected chi connectivity index (χ4v) is 3.59. The van der Waals surface area contributed by atoms with E-state index in [4.69, 9.17) is 4.74 Å². The number of carbonyl (C=O) groups excluding carboxylic acids is 1. The van der Waals surface area contributed by atoms with E-state index in [9.17, 15) is 4.79 Å². The maximum absolute atomic E-state index is 11.9. The number of ether oxygens (including phenoxy) is 1. The Morgan fingerprint density at radius 1 is 1.50 bits per heavy atom. The summed E-state index contributed by atoms with van der Waals surface area (Å²) in [5.74, 6) is 0.0811. The van der Waals surface area contributed by atoms with E-state index in [-0.39, 0.29) is 17.5 Å². The Morgan fingerprint density at radius 3 is 2.93 bits per heavy atom. The molecule has 14 heavy (non-hydrogen) atoms. The molecule has 2 bridgehead atoms. The Hall–Kier alpha value is 0.200. The lowest BCUT2D eigenvalue weighted by Gasteiger charge is -2.42. The number of alkyl halides is 1. The van der Waals surface area contributed by atoms with E-state index in [0.29, 0.717) is 3.92 Å². The number of fused-ring (bicyclic) bond motifs is 5. The van der Waals surface area contributed by atoms with Gasteiger partial charge in [0, 0.05) is 3.92 Å². The van der Waals surface area contributed by atoms with E-state index in [1.54, 1.807) is 0 Å². The Labute approximate surface area is 98.9 Å². The van der Waals surface area contributed by atoms with Crippen LogP contribution in [0, 0.1) is 5.41 Å². The molecular weight excluding hydrogens is 291 g/mol. The van der Waals surface area contributed by atoms with Gasteiger partial charge in [-0.15, -0.1) is 0 Å². The average molecular weight is 308 g/mol. The van der Waals surface area contributed by atoms with E-state index in [1.807, 2.05) is 0 Å². The Bertz CT molecular complexity index is 237. The van der Waals surface area contributed by atoms with Gasteiger partial charge in [0.25, 0.3) is 0 Å². The summed E-state index contributed by atoms with van der Waals surface area (Å²) in [6.07, 6.45) is 6.70. The Kier molecular flexibility index (Phi) is 3.05. The third-order valence-corrected chi connectivity index (χ3v) is 5.24. The summed E-state index contributed by atoms with van der Waals surface area (Å²) in [5.41, 5.74) is -0.118. The third kappa shape index (κ3) is 1.68. The molecule has 0 aromatic carbocycles. The summed E-state index contributed by atoms with van der Waals surface area (Å²) in [5, 5.41) is 0. The van der Waals surface area contributed by atoms with Crippen LogP contribution in [0.15, 0.2) is 0 Å². The van der Waals surface area contributed by atoms with Gasteiger partial charge in [-0.25, -0.2) is 0 Å². The second kappa shape index (κ2) is 3.99. The van der Waals surface area contributed by atoms with Crippen LogP contribution in [0.3, 0.4) is 0 Å². The first-order valence-electron chi connectivity index (χ1n) is 5.53. The van der Waals surface area contributed by atoms with Gasteiger partial charge in [-0.2, -0.15) is 0 Å². The third-order valence-electron chi connectivity index (χ3n) is 3.81. The van der Waals surface area contributed by atoms with Gasteiger partial charge in [0.1, 0.15) is 6.10 Å². The van der Waals surface area contributed by atoms with Gasteiger partial charge in [-0.1, -0.05) is 35.9 Å². The predicted molar refractivity (Wildman–Crippen MR) is 63.5 cm³/mol. The van der Waals surface area contributed by atoms with Gasteiger partial charge in [-0.3, -0.25) is 4.79 Å². The molecular formula is C11H17IO2. The maximum Gasteiger partial charge on any atom is 0.312 e. The smallest absolute Gasteiger partial charge is 0.312 e. The monoisotopic (exact) mass is 308 g/mol. The molecule has 3 atom stereocenters. The highest BCUT2D eigenvalue weighted by Gasteiger charge is 2.46. The predicted octanol–water partition coefficient (Wildman–Crippen LogP) is 3.08. The van der Waals surface area contributed by atoms with Crippen molar-refractivity contribution in [2.75, 3.05) is 0 Å². The zero-order valence-electron chi connectivity index (χ0n) is 8.59. The Balaban J connectivity index is 2.20. The van der Waals surface area contributed by atoms with Crippen molar-refractivity contribution in [3.05, 3.63) is 0 Å². The molecule has 3 aliphatic rings. The summed E-state index contributed by atoms with van der Waals surface area (Å²) in [4.78, 5) is 11.9. The fraction of sp³-hybridized carbons (Fsp3) is 0.909. The average Bonchev–Trinajstić information content (AvgIpc) is 2.17. The molecule has 0 amide bonds. The van der Waals surface area contributed by atoms with Crippen molar-refractivity contribution in [3.8, 4) is 0 Å². The number of halogens is 1. The lowest BCUT2D eigenvalue weighted by molar-refractivity contribution is -0.173. The van der Waals surface area contributed by atoms with Crippen molar-refractivity contribution in [3.63, 3.8) is 0 Å². The van der Waals surface area contributed by atoms with Crippen molar-refractivity contribution in [1.82, 2.24) is 0 Å². The minimum Gasteiger partial charge on any atom is -0.461 e. The molecule has 3 heteroatoms. The minimum absolute atomic E-state index is 0.0811. The van der Waals surface area contributed by atoms with E-state index in [0.717, 1.165) is 25.7 Å². The maximum atomic E-state index is 11.9. The van der Waals surface area contributed by atoms with Crippen LogP contribution in [0.2, 0.25) is 0 Å². The first-order valence-corrected chi connectivity index (χ1v) is 6.78. The Morgan fingerprint density at radius 2 is 2.29 bits per heavy atom. The molecule has 80 valence electrons. The minimum atomic E-state index is -0.118. The number of carbonyl (C=O) groups is 1. The fourth-order valence-electron chi connectivity index (χ4n) is 2.64. The molecule has 2 saturated heterocycles. The molecule has 3 fully saturated rings. The molecule has 1 saturated carbocycles. The van der Waals surface area contributed by atoms with Crippen molar-refractivity contribution in [2.45, 2.75) is 55.5 Å². The standard InChI is InChI=1S/C11H17IO2/c1-2-11-6-3-4-8(12)9(5-7-11)14-10(11)13/h8-9H,2-7H2,1H3. The van der Waals surface area contributed by atoms with E-state index in [2.05, 4.69) is 29.5 Å². The molecule has 0 aromatic heterocycles. The molecule has 1 aliphatic carbocycles. The normalized spacial score (nSPS) is 42.9. The highest BCUT2D eigenvalue weighted by atomic mass is 127.